The van der Waals surface area contributed by atoms with Gasteiger partial charge >= 0.3 is 6.03 Å². The Bertz CT molecular complexity index is 829. The summed E-state index contributed by atoms with van der Waals surface area (Å²) in [5.41, 5.74) is 10.5. The molecule has 154 valence electrons. The fraction of sp³-hybridized carbons (Fsp3) is 0.250. The molecule has 9 heteroatoms. The lowest BCUT2D eigenvalue weighted by molar-refractivity contribution is -0.130. The number of hydrazine groups is 1. The van der Waals surface area contributed by atoms with E-state index in [2.05, 4.69) is 16.2 Å². The standard InChI is InChI=1S/C20H24N4O5/c1-2-28-16-10-6-7-11-17(16)29-13-18(25)23-24-19(26)15(22-20(21)27)12-14-8-4-3-5-9-14/h3-11,15H,2,12-13H2,1H3,(H,23,25)(H,24,26)(H3,21,22,27). The minimum absolute atomic E-state index is 0.212. The predicted molar refractivity (Wildman–Crippen MR) is 106 cm³/mol. The molecule has 2 aromatic rings. The van der Waals surface area contributed by atoms with Crippen LogP contribution < -0.4 is 31.4 Å². The van der Waals surface area contributed by atoms with Crippen LogP contribution in [0, 0.1) is 0 Å². The second kappa shape index (κ2) is 11.2. The summed E-state index contributed by atoms with van der Waals surface area (Å²) in [7, 11) is 0. The maximum absolute atomic E-state index is 12.3. The lowest BCUT2D eigenvalue weighted by Gasteiger charge is -2.18. The maximum atomic E-state index is 12.3. The van der Waals surface area contributed by atoms with Crippen molar-refractivity contribution in [1.82, 2.24) is 16.2 Å². The highest BCUT2D eigenvalue weighted by atomic mass is 16.5. The van der Waals surface area contributed by atoms with Gasteiger partial charge in [-0.3, -0.25) is 20.4 Å². The first-order chi connectivity index (χ1) is 14.0. The van der Waals surface area contributed by atoms with Crippen molar-refractivity contribution >= 4 is 17.8 Å². The number of urea groups is 1. The summed E-state index contributed by atoms with van der Waals surface area (Å²) >= 11 is 0. The van der Waals surface area contributed by atoms with E-state index in [0.29, 0.717) is 18.1 Å². The highest BCUT2D eigenvalue weighted by Gasteiger charge is 2.21. The summed E-state index contributed by atoms with van der Waals surface area (Å²) in [4.78, 5) is 35.5. The van der Waals surface area contributed by atoms with Gasteiger partial charge in [0.25, 0.3) is 11.8 Å². The zero-order valence-electron chi connectivity index (χ0n) is 16.0. The van der Waals surface area contributed by atoms with E-state index in [1.54, 1.807) is 24.3 Å². The molecule has 5 N–H and O–H groups in total. The van der Waals surface area contributed by atoms with Crippen LogP contribution in [0.25, 0.3) is 0 Å². The number of hydrogen-bond donors (Lipinski definition) is 4. The molecule has 0 bridgehead atoms. The van der Waals surface area contributed by atoms with Gasteiger partial charge in [0.2, 0.25) is 0 Å². The van der Waals surface area contributed by atoms with Crippen molar-refractivity contribution in [2.75, 3.05) is 13.2 Å². The average Bonchev–Trinajstić information content (AvgIpc) is 2.71. The van der Waals surface area contributed by atoms with Gasteiger partial charge in [-0.1, -0.05) is 42.5 Å². The second-order valence-corrected chi connectivity index (χ2v) is 5.96. The second-order valence-electron chi connectivity index (χ2n) is 5.96. The summed E-state index contributed by atoms with van der Waals surface area (Å²) in [6, 6.07) is 14.2. The summed E-state index contributed by atoms with van der Waals surface area (Å²) in [6.45, 7) is 1.96. The molecule has 0 aliphatic carbocycles. The maximum Gasteiger partial charge on any atom is 0.312 e. The van der Waals surface area contributed by atoms with Crippen LogP contribution in [0.3, 0.4) is 0 Å². The summed E-state index contributed by atoms with van der Waals surface area (Å²) in [5.74, 6) is -0.272. The molecule has 1 unspecified atom stereocenters. The summed E-state index contributed by atoms with van der Waals surface area (Å²) in [5, 5.41) is 2.36. The third-order valence-corrected chi connectivity index (χ3v) is 3.75. The topological polar surface area (TPSA) is 132 Å². The van der Waals surface area contributed by atoms with Gasteiger partial charge in [-0.15, -0.1) is 0 Å². The van der Waals surface area contributed by atoms with Gasteiger partial charge in [-0.2, -0.15) is 0 Å². The van der Waals surface area contributed by atoms with E-state index in [1.807, 2.05) is 37.3 Å². The van der Waals surface area contributed by atoms with Crippen LogP contribution in [0.2, 0.25) is 0 Å². The minimum atomic E-state index is -0.949. The third kappa shape index (κ3) is 7.41. The van der Waals surface area contributed by atoms with Crippen LogP contribution in [-0.4, -0.2) is 37.1 Å². The molecular formula is C20H24N4O5. The lowest BCUT2D eigenvalue weighted by Crippen LogP contribution is -2.54. The molecule has 0 fully saturated rings. The van der Waals surface area contributed by atoms with Crippen LogP contribution in [0.15, 0.2) is 54.6 Å². The molecule has 0 saturated heterocycles. The van der Waals surface area contributed by atoms with Gasteiger partial charge < -0.3 is 20.5 Å². The molecule has 0 radical (unpaired) electrons. The number of carbonyl (C=O) groups is 3. The van der Waals surface area contributed by atoms with Crippen molar-refractivity contribution in [2.45, 2.75) is 19.4 Å². The summed E-state index contributed by atoms with van der Waals surface area (Å²) < 4.78 is 10.8. The molecule has 1 atom stereocenters. The highest BCUT2D eigenvalue weighted by molar-refractivity contribution is 5.88. The smallest absolute Gasteiger partial charge is 0.312 e. The first-order valence-electron chi connectivity index (χ1n) is 9.02. The van der Waals surface area contributed by atoms with Crippen molar-refractivity contribution in [3.63, 3.8) is 0 Å². The fourth-order valence-electron chi connectivity index (χ4n) is 2.47. The lowest BCUT2D eigenvalue weighted by atomic mass is 10.1. The first kappa shape index (κ1) is 21.5. The molecular weight excluding hydrogens is 376 g/mol. The Morgan fingerprint density at radius 2 is 1.55 bits per heavy atom. The Balaban J connectivity index is 1.86. The molecule has 0 heterocycles. The van der Waals surface area contributed by atoms with E-state index < -0.39 is 23.9 Å². The van der Waals surface area contributed by atoms with Crippen LogP contribution >= 0.6 is 0 Å². The van der Waals surface area contributed by atoms with Gasteiger partial charge in [-0.05, 0) is 24.6 Å². The summed E-state index contributed by atoms with van der Waals surface area (Å²) in [6.07, 6.45) is 0.212. The first-order valence-corrected chi connectivity index (χ1v) is 9.02. The number of benzene rings is 2. The highest BCUT2D eigenvalue weighted by Crippen LogP contribution is 2.26. The molecule has 4 amide bonds. The average molecular weight is 400 g/mol. The monoisotopic (exact) mass is 400 g/mol. The number of amides is 4. The van der Waals surface area contributed by atoms with E-state index in [1.165, 1.54) is 0 Å². The number of nitrogens with one attached hydrogen (secondary N) is 3. The minimum Gasteiger partial charge on any atom is -0.490 e. The van der Waals surface area contributed by atoms with E-state index in [0.717, 1.165) is 5.56 Å². The molecule has 0 spiro atoms. The molecule has 0 aliphatic rings. The third-order valence-electron chi connectivity index (χ3n) is 3.75. The number of primary amides is 1. The van der Waals surface area contributed by atoms with E-state index in [-0.39, 0.29) is 13.0 Å². The molecule has 0 saturated carbocycles. The van der Waals surface area contributed by atoms with Crippen LogP contribution in [0.1, 0.15) is 12.5 Å². The van der Waals surface area contributed by atoms with Crippen molar-refractivity contribution in [2.24, 2.45) is 5.73 Å². The van der Waals surface area contributed by atoms with Crippen molar-refractivity contribution in [1.29, 1.82) is 0 Å². The predicted octanol–water partition coefficient (Wildman–Crippen LogP) is 0.891. The zero-order chi connectivity index (χ0) is 21.1. The van der Waals surface area contributed by atoms with Crippen LogP contribution in [0.5, 0.6) is 11.5 Å². The normalized spacial score (nSPS) is 11.1. The quantitative estimate of drug-likeness (QED) is 0.464. The Morgan fingerprint density at radius 1 is 0.931 bits per heavy atom. The molecule has 29 heavy (non-hydrogen) atoms. The zero-order valence-corrected chi connectivity index (χ0v) is 16.0. The SMILES string of the molecule is CCOc1ccccc1OCC(=O)NNC(=O)C(Cc1ccccc1)NC(N)=O. The van der Waals surface area contributed by atoms with E-state index in [9.17, 15) is 14.4 Å². The molecule has 2 rings (SSSR count). The number of ether oxygens (including phenoxy) is 2. The number of rotatable bonds is 9. The number of nitrogens with two attached hydrogens (primary N) is 1. The van der Waals surface area contributed by atoms with Gasteiger partial charge in [0.15, 0.2) is 18.1 Å². The van der Waals surface area contributed by atoms with Crippen LogP contribution in [-0.2, 0) is 16.0 Å². The number of carbonyl (C=O) groups excluding carboxylic acids is 3. The van der Waals surface area contributed by atoms with E-state index in [4.69, 9.17) is 15.2 Å². The Hall–Kier alpha value is -3.75. The van der Waals surface area contributed by atoms with Gasteiger partial charge in [0.1, 0.15) is 6.04 Å². The Kier molecular flexibility index (Phi) is 8.30. The largest absolute Gasteiger partial charge is 0.490 e. The Morgan fingerprint density at radius 3 is 2.17 bits per heavy atom. The van der Waals surface area contributed by atoms with Gasteiger partial charge in [0.05, 0.1) is 6.61 Å². The van der Waals surface area contributed by atoms with Crippen molar-refractivity contribution in [3.05, 3.63) is 60.2 Å². The Labute approximate surface area is 168 Å². The van der Waals surface area contributed by atoms with Crippen molar-refractivity contribution < 1.29 is 23.9 Å². The molecule has 0 aliphatic heterocycles. The number of hydrogen-bond acceptors (Lipinski definition) is 5. The van der Waals surface area contributed by atoms with Crippen molar-refractivity contribution in [3.8, 4) is 11.5 Å². The molecule has 0 aromatic heterocycles. The number of para-hydroxylation sites is 2. The fourth-order valence-corrected chi connectivity index (χ4v) is 2.47. The van der Waals surface area contributed by atoms with Crippen LogP contribution in [0.4, 0.5) is 4.79 Å². The molecule has 9 nitrogen and oxygen atoms in total. The van der Waals surface area contributed by atoms with Gasteiger partial charge in [0, 0.05) is 6.42 Å². The molecule has 2 aromatic carbocycles. The van der Waals surface area contributed by atoms with E-state index >= 15 is 0 Å². The van der Waals surface area contributed by atoms with Gasteiger partial charge in [-0.25, -0.2) is 4.79 Å².